The Hall–Kier alpha value is -2.91. The molecule has 2 aromatic heterocycles. The van der Waals surface area contributed by atoms with Crippen LogP contribution in [0.4, 0.5) is 10.5 Å². The Morgan fingerprint density at radius 2 is 2.32 bits per heavy atom. The summed E-state index contributed by atoms with van der Waals surface area (Å²) in [5.74, 6) is -1.01. The minimum absolute atomic E-state index is 0.142. The lowest BCUT2D eigenvalue weighted by molar-refractivity contribution is -0.137. The van der Waals surface area contributed by atoms with Gasteiger partial charge in [-0.3, -0.25) is 9.89 Å². The van der Waals surface area contributed by atoms with Gasteiger partial charge in [0.05, 0.1) is 24.6 Å². The number of urea groups is 1. The molecule has 10 heteroatoms. The number of hydrogen-bond acceptors (Lipinski definition) is 5. The summed E-state index contributed by atoms with van der Waals surface area (Å²) >= 11 is 0. The molecule has 10 nitrogen and oxygen atoms in total. The Kier molecular flexibility index (Phi) is 3.71. The molecule has 0 aliphatic carbocycles. The fraction of sp³-hybridized carbons (Fsp3) is 0.222. The van der Waals surface area contributed by atoms with Crippen LogP contribution in [0, 0.1) is 0 Å². The molecule has 100 valence electrons. The lowest BCUT2D eigenvalue weighted by atomic mass is 10.4. The van der Waals surface area contributed by atoms with Crippen LogP contribution in [0.2, 0.25) is 0 Å². The van der Waals surface area contributed by atoms with Gasteiger partial charge in [-0.1, -0.05) is 5.21 Å². The number of aromatic nitrogens is 5. The first-order valence-corrected chi connectivity index (χ1v) is 5.28. The Bertz CT molecular complexity index is 562. The normalized spacial score (nSPS) is 10.1. The number of carboxylic acids is 1. The quantitative estimate of drug-likeness (QED) is 0.570. The summed E-state index contributed by atoms with van der Waals surface area (Å²) in [7, 11) is 0. The first kappa shape index (κ1) is 12.5. The summed E-state index contributed by atoms with van der Waals surface area (Å²) in [4.78, 5) is 21.9. The van der Waals surface area contributed by atoms with Crippen LogP contribution in [0.15, 0.2) is 18.6 Å². The summed E-state index contributed by atoms with van der Waals surface area (Å²) in [5, 5.41) is 27.2. The highest BCUT2D eigenvalue weighted by Gasteiger charge is 2.06. The summed E-state index contributed by atoms with van der Waals surface area (Å²) in [6, 6.07) is -0.422. The number of aliphatic carboxylic acids is 1. The van der Waals surface area contributed by atoms with Crippen LogP contribution in [-0.2, 0) is 17.9 Å². The number of hydrogen-bond donors (Lipinski definition) is 4. The van der Waals surface area contributed by atoms with E-state index in [1.165, 1.54) is 23.3 Å². The van der Waals surface area contributed by atoms with E-state index >= 15 is 0 Å². The highest BCUT2D eigenvalue weighted by atomic mass is 16.4. The second-order valence-corrected chi connectivity index (χ2v) is 3.60. The number of rotatable bonds is 5. The van der Waals surface area contributed by atoms with E-state index in [2.05, 4.69) is 31.1 Å². The van der Waals surface area contributed by atoms with Crippen molar-refractivity contribution in [1.29, 1.82) is 0 Å². The second-order valence-electron chi connectivity index (χ2n) is 3.60. The second kappa shape index (κ2) is 5.62. The molecule has 0 unspecified atom stereocenters. The third-order valence-corrected chi connectivity index (χ3v) is 2.07. The molecule has 0 fully saturated rings. The fourth-order valence-corrected chi connectivity index (χ4v) is 1.30. The fourth-order valence-electron chi connectivity index (χ4n) is 1.30. The molecule has 0 aromatic carbocycles. The number of carboxylic acid groups (broad SMARTS) is 1. The number of amides is 2. The summed E-state index contributed by atoms with van der Waals surface area (Å²) < 4.78 is 1.17. The zero-order valence-electron chi connectivity index (χ0n) is 9.70. The molecule has 4 N–H and O–H groups in total. The molecule has 19 heavy (non-hydrogen) atoms. The van der Waals surface area contributed by atoms with Crippen LogP contribution in [0.3, 0.4) is 0 Å². The van der Waals surface area contributed by atoms with Gasteiger partial charge in [-0.15, -0.1) is 5.10 Å². The number of anilines is 1. The monoisotopic (exact) mass is 265 g/mol. The van der Waals surface area contributed by atoms with Gasteiger partial charge in [0.2, 0.25) is 0 Å². The Labute approximate surface area is 106 Å². The number of nitrogens with zero attached hydrogens (tertiary/aromatic N) is 4. The number of carbonyl (C=O) groups is 2. The Morgan fingerprint density at radius 3 is 3.00 bits per heavy atom. The molecule has 2 amide bonds. The Morgan fingerprint density at radius 1 is 1.47 bits per heavy atom. The molecule has 0 bridgehead atoms. The predicted octanol–water partition coefficient (Wildman–Crippen LogP) is -0.593. The van der Waals surface area contributed by atoms with Crippen molar-refractivity contribution in [2.24, 2.45) is 0 Å². The first-order chi connectivity index (χ1) is 9.13. The highest BCUT2D eigenvalue weighted by molar-refractivity contribution is 5.88. The van der Waals surface area contributed by atoms with Crippen molar-refractivity contribution in [3.63, 3.8) is 0 Å². The van der Waals surface area contributed by atoms with Gasteiger partial charge in [-0.2, -0.15) is 5.10 Å². The zero-order valence-corrected chi connectivity index (χ0v) is 9.70. The van der Waals surface area contributed by atoms with E-state index in [-0.39, 0.29) is 13.1 Å². The van der Waals surface area contributed by atoms with E-state index in [1.807, 2.05) is 0 Å². The molecule has 0 aliphatic heterocycles. The van der Waals surface area contributed by atoms with Crippen molar-refractivity contribution in [1.82, 2.24) is 30.5 Å². The minimum atomic E-state index is -1.01. The highest BCUT2D eigenvalue weighted by Crippen LogP contribution is 2.00. The van der Waals surface area contributed by atoms with Crippen molar-refractivity contribution >= 4 is 17.7 Å². The van der Waals surface area contributed by atoms with Gasteiger partial charge >= 0.3 is 12.0 Å². The molecule has 2 heterocycles. The van der Waals surface area contributed by atoms with Crippen molar-refractivity contribution in [3.8, 4) is 0 Å². The molecular weight excluding hydrogens is 254 g/mol. The largest absolute Gasteiger partial charge is 0.480 e. The molecule has 0 radical (unpaired) electrons. The van der Waals surface area contributed by atoms with Gasteiger partial charge in [0.1, 0.15) is 12.2 Å². The number of nitrogens with one attached hydrogen (secondary N) is 3. The number of H-pyrrole nitrogens is 1. The van der Waals surface area contributed by atoms with Crippen LogP contribution < -0.4 is 10.6 Å². The van der Waals surface area contributed by atoms with E-state index < -0.39 is 12.0 Å². The molecular formula is C9H11N7O3. The third kappa shape index (κ3) is 3.80. The number of aromatic amines is 1. The summed E-state index contributed by atoms with van der Waals surface area (Å²) in [6.07, 6.45) is 4.44. The molecule has 0 atom stereocenters. The maximum absolute atomic E-state index is 11.5. The topological polar surface area (TPSA) is 138 Å². The lowest BCUT2D eigenvalue weighted by Gasteiger charge is -2.02. The molecule has 2 rings (SSSR count). The van der Waals surface area contributed by atoms with Crippen LogP contribution >= 0.6 is 0 Å². The maximum atomic E-state index is 11.5. The molecule has 0 saturated carbocycles. The average Bonchev–Trinajstić information content (AvgIpc) is 2.97. The molecule has 0 spiro atoms. The summed E-state index contributed by atoms with van der Waals surface area (Å²) in [6.45, 7) is -0.127. The molecule has 0 aliphatic rings. The number of carbonyl (C=O) groups excluding carboxylic acids is 1. The zero-order chi connectivity index (χ0) is 13.7. The predicted molar refractivity (Wildman–Crippen MR) is 62.1 cm³/mol. The van der Waals surface area contributed by atoms with Gasteiger partial charge < -0.3 is 15.7 Å². The van der Waals surface area contributed by atoms with Gasteiger partial charge in [-0.25, -0.2) is 9.48 Å². The molecule has 2 aromatic rings. The lowest BCUT2D eigenvalue weighted by Crippen LogP contribution is -2.28. The van der Waals surface area contributed by atoms with Crippen molar-refractivity contribution in [2.75, 3.05) is 5.32 Å². The van der Waals surface area contributed by atoms with Gasteiger partial charge in [0, 0.05) is 6.20 Å². The average molecular weight is 265 g/mol. The van der Waals surface area contributed by atoms with Crippen LogP contribution in [0.25, 0.3) is 0 Å². The minimum Gasteiger partial charge on any atom is -0.480 e. The SMILES string of the molecule is O=C(O)Cn1cc(CNC(=O)Nc2cn[nH]c2)nn1. The molecule has 0 saturated heterocycles. The van der Waals surface area contributed by atoms with Crippen LogP contribution in [-0.4, -0.2) is 42.3 Å². The van der Waals surface area contributed by atoms with E-state index in [1.54, 1.807) is 0 Å². The van der Waals surface area contributed by atoms with Crippen LogP contribution in [0.1, 0.15) is 5.69 Å². The van der Waals surface area contributed by atoms with Gasteiger partial charge in [-0.05, 0) is 0 Å². The van der Waals surface area contributed by atoms with E-state index in [0.717, 1.165) is 0 Å². The third-order valence-electron chi connectivity index (χ3n) is 2.07. The standard InChI is InChI=1S/C9H11N7O3/c17-8(18)5-16-4-7(14-15-16)1-10-9(19)13-6-2-11-12-3-6/h2-4H,1,5H2,(H,11,12)(H,17,18)(H2,10,13,19). The van der Waals surface area contributed by atoms with E-state index in [4.69, 9.17) is 5.11 Å². The van der Waals surface area contributed by atoms with Crippen molar-refractivity contribution < 1.29 is 14.7 Å². The smallest absolute Gasteiger partial charge is 0.325 e. The van der Waals surface area contributed by atoms with Gasteiger partial charge in [0.25, 0.3) is 0 Å². The van der Waals surface area contributed by atoms with E-state index in [0.29, 0.717) is 11.4 Å². The van der Waals surface area contributed by atoms with Crippen LogP contribution in [0.5, 0.6) is 0 Å². The van der Waals surface area contributed by atoms with Gasteiger partial charge in [0.15, 0.2) is 0 Å². The Balaban J connectivity index is 1.80. The summed E-state index contributed by atoms with van der Waals surface area (Å²) in [5.41, 5.74) is 0.996. The van der Waals surface area contributed by atoms with Crippen molar-refractivity contribution in [3.05, 3.63) is 24.3 Å². The first-order valence-electron chi connectivity index (χ1n) is 5.28. The van der Waals surface area contributed by atoms with E-state index in [9.17, 15) is 9.59 Å². The van der Waals surface area contributed by atoms with Crippen molar-refractivity contribution in [2.45, 2.75) is 13.1 Å². The maximum Gasteiger partial charge on any atom is 0.325 e.